The van der Waals surface area contributed by atoms with Crippen LogP contribution in [-0.4, -0.2) is 15.4 Å². The third kappa shape index (κ3) is 3.14. The van der Waals surface area contributed by atoms with E-state index in [-0.39, 0.29) is 18.1 Å². The highest BCUT2D eigenvalue weighted by Gasteiger charge is 2.44. The van der Waals surface area contributed by atoms with Gasteiger partial charge in [-0.1, -0.05) is 72.7 Å². The molecule has 1 aliphatic rings. The maximum Gasteiger partial charge on any atom is 0.422 e. The van der Waals surface area contributed by atoms with Crippen LogP contribution in [0.4, 0.5) is 13.2 Å². The van der Waals surface area contributed by atoms with Gasteiger partial charge in [0.1, 0.15) is 17.0 Å². The van der Waals surface area contributed by atoms with Gasteiger partial charge in [0.05, 0.1) is 6.61 Å². The van der Waals surface area contributed by atoms with E-state index in [4.69, 9.17) is 9.05 Å². The van der Waals surface area contributed by atoms with Crippen LogP contribution in [0.5, 0.6) is 0 Å². The van der Waals surface area contributed by atoms with Crippen LogP contribution in [-0.2, 0) is 24.6 Å². The summed E-state index contributed by atoms with van der Waals surface area (Å²) in [5.74, 6) is -0.539. The predicted octanol–water partition coefficient (Wildman–Crippen LogP) is 6.01. The molecule has 0 aliphatic heterocycles. The zero-order chi connectivity index (χ0) is 22.7. The number of aliphatic hydroxyl groups is 1. The second kappa shape index (κ2) is 7.06. The summed E-state index contributed by atoms with van der Waals surface area (Å²) < 4.78 is 53.1. The van der Waals surface area contributed by atoms with Gasteiger partial charge in [-0.25, -0.2) is 0 Å². The molecule has 0 atom stereocenters. The number of nitrogens with zero attached hydrogens (tertiary/aromatic N) is 2. The van der Waals surface area contributed by atoms with E-state index in [0.717, 1.165) is 16.7 Å². The molecule has 5 rings (SSSR count). The first-order valence-electron chi connectivity index (χ1n) is 10.1. The molecular formula is C24H19F3N2O3. The lowest BCUT2D eigenvalue weighted by atomic mass is 9.71. The van der Waals surface area contributed by atoms with Crippen LogP contribution in [0.3, 0.4) is 0 Å². The lowest BCUT2D eigenvalue weighted by Gasteiger charge is -2.32. The summed E-state index contributed by atoms with van der Waals surface area (Å²) in [4.78, 5) is 0. The molecule has 0 saturated carbocycles. The van der Waals surface area contributed by atoms with Crippen LogP contribution in [0.1, 0.15) is 36.1 Å². The van der Waals surface area contributed by atoms with Crippen LogP contribution in [0, 0.1) is 0 Å². The monoisotopic (exact) mass is 440 g/mol. The summed E-state index contributed by atoms with van der Waals surface area (Å²) in [6.45, 7) is 3.88. The first-order chi connectivity index (χ1) is 15.2. The van der Waals surface area contributed by atoms with E-state index in [1.807, 2.05) is 26.0 Å². The van der Waals surface area contributed by atoms with E-state index < -0.39 is 22.9 Å². The average molecular weight is 440 g/mol. The van der Waals surface area contributed by atoms with Crippen molar-refractivity contribution in [1.29, 1.82) is 0 Å². The van der Waals surface area contributed by atoms with Crippen molar-refractivity contribution in [2.24, 2.45) is 0 Å². The molecule has 0 fully saturated rings. The Morgan fingerprint density at radius 2 is 1.66 bits per heavy atom. The van der Waals surface area contributed by atoms with Gasteiger partial charge < -0.3 is 14.2 Å². The van der Waals surface area contributed by atoms with Gasteiger partial charge in [-0.05, 0) is 23.0 Å². The molecule has 5 nitrogen and oxygen atoms in total. The number of alkyl halides is 3. The number of aliphatic hydroxyl groups excluding tert-OH is 1. The smallest absolute Gasteiger partial charge is 0.392 e. The van der Waals surface area contributed by atoms with Crippen molar-refractivity contribution in [3.05, 3.63) is 70.8 Å². The summed E-state index contributed by atoms with van der Waals surface area (Å²) in [7, 11) is 0. The molecule has 1 N–H and O–H groups in total. The number of benzene rings is 2. The van der Waals surface area contributed by atoms with Gasteiger partial charge in [-0.2, -0.15) is 13.2 Å². The Balaban J connectivity index is 1.72. The van der Waals surface area contributed by atoms with Crippen molar-refractivity contribution < 1.29 is 27.3 Å². The molecule has 32 heavy (non-hydrogen) atoms. The average Bonchev–Trinajstić information content (AvgIpc) is 3.38. The van der Waals surface area contributed by atoms with Crippen LogP contribution in [0.25, 0.3) is 34.0 Å². The van der Waals surface area contributed by atoms with E-state index >= 15 is 0 Å². The van der Waals surface area contributed by atoms with E-state index in [0.29, 0.717) is 23.2 Å². The zero-order valence-corrected chi connectivity index (χ0v) is 17.3. The Labute approximate surface area is 181 Å². The highest BCUT2D eigenvalue weighted by atomic mass is 19.4. The minimum atomic E-state index is -4.71. The van der Waals surface area contributed by atoms with E-state index in [1.165, 1.54) is 0 Å². The van der Waals surface area contributed by atoms with Crippen LogP contribution in [0.2, 0.25) is 0 Å². The Morgan fingerprint density at radius 1 is 0.969 bits per heavy atom. The maximum atomic E-state index is 14.1. The summed E-state index contributed by atoms with van der Waals surface area (Å²) >= 11 is 0. The first kappa shape index (κ1) is 20.5. The number of hydrogen-bond donors (Lipinski definition) is 1. The fourth-order valence-corrected chi connectivity index (χ4v) is 4.36. The molecule has 2 heterocycles. The highest BCUT2D eigenvalue weighted by molar-refractivity contribution is 5.80. The number of aromatic nitrogens is 2. The molecule has 2 aromatic heterocycles. The second-order valence-electron chi connectivity index (χ2n) is 8.54. The summed E-state index contributed by atoms with van der Waals surface area (Å²) in [6.07, 6.45) is -4.32. The third-order valence-corrected chi connectivity index (χ3v) is 5.89. The van der Waals surface area contributed by atoms with E-state index in [9.17, 15) is 18.3 Å². The summed E-state index contributed by atoms with van der Waals surface area (Å²) in [5.41, 5.74) is 2.09. The van der Waals surface area contributed by atoms with E-state index in [2.05, 4.69) is 10.3 Å². The van der Waals surface area contributed by atoms with Crippen molar-refractivity contribution >= 4 is 0 Å². The number of hydrogen-bond acceptors (Lipinski definition) is 5. The Bertz CT molecular complexity index is 1300. The van der Waals surface area contributed by atoms with Gasteiger partial charge >= 0.3 is 6.18 Å². The first-order valence-corrected chi connectivity index (χ1v) is 10.1. The topological polar surface area (TPSA) is 72.3 Å². The molecular weight excluding hydrogens is 421 g/mol. The molecule has 164 valence electrons. The van der Waals surface area contributed by atoms with Gasteiger partial charge in [-0.15, -0.1) is 0 Å². The van der Waals surface area contributed by atoms with Crippen LogP contribution >= 0.6 is 0 Å². The maximum absolute atomic E-state index is 14.1. The number of halogens is 3. The van der Waals surface area contributed by atoms with Gasteiger partial charge in [0, 0.05) is 16.7 Å². The molecule has 0 bridgehead atoms. The molecule has 0 unspecified atom stereocenters. The minimum absolute atomic E-state index is 0.0630. The third-order valence-electron chi connectivity index (χ3n) is 5.89. The molecule has 0 amide bonds. The molecule has 1 aliphatic carbocycles. The molecule has 0 radical (unpaired) electrons. The van der Waals surface area contributed by atoms with Gasteiger partial charge in [0.15, 0.2) is 0 Å². The molecule has 0 spiro atoms. The second-order valence-corrected chi connectivity index (χ2v) is 8.54. The van der Waals surface area contributed by atoms with Gasteiger partial charge in [0.2, 0.25) is 11.5 Å². The molecule has 8 heteroatoms. The predicted molar refractivity (Wildman–Crippen MR) is 111 cm³/mol. The Hall–Kier alpha value is -3.39. The fourth-order valence-electron chi connectivity index (χ4n) is 4.36. The quantitative estimate of drug-likeness (QED) is 0.423. The van der Waals surface area contributed by atoms with Crippen molar-refractivity contribution in [1.82, 2.24) is 10.3 Å². The lowest BCUT2D eigenvalue weighted by Crippen LogP contribution is -2.26. The largest absolute Gasteiger partial charge is 0.422 e. The molecule has 0 saturated heterocycles. The number of fused-ring (bicyclic) bond motifs is 3. The zero-order valence-electron chi connectivity index (χ0n) is 17.3. The van der Waals surface area contributed by atoms with Gasteiger partial charge in [-0.3, -0.25) is 0 Å². The normalized spacial score (nSPS) is 14.8. The van der Waals surface area contributed by atoms with E-state index in [1.54, 1.807) is 36.4 Å². The van der Waals surface area contributed by atoms with Crippen LogP contribution < -0.4 is 0 Å². The van der Waals surface area contributed by atoms with Crippen molar-refractivity contribution in [3.8, 4) is 34.0 Å². The summed E-state index contributed by atoms with van der Waals surface area (Å²) in [5, 5.41) is 17.4. The Kier molecular flexibility index (Phi) is 4.53. The molecule has 2 aromatic carbocycles. The SMILES string of the molecule is CC1(C)Cc2c(noc2-c2onc(-c3ccccc3)c2C(F)(F)F)-c2ccc(CO)cc21. The van der Waals surface area contributed by atoms with Crippen molar-refractivity contribution in [2.75, 3.05) is 0 Å². The standard InChI is InChI=1S/C24H19F3N2O3/c1-23(2)11-16-20(15-9-8-13(12-30)10-17(15)23)29-31-21(16)22-18(24(25,26)27)19(28-32-22)14-6-4-3-5-7-14/h3-10,30H,11-12H2,1-2H3. The summed E-state index contributed by atoms with van der Waals surface area (Å²) in [6, 6.07) is 13.6. The van der Waals surface area contributed by atoms with Crippen molar-refractivity contribution in [2.45, 2.75) is 38.5 Å². The minimum Gasteiger partial charge on any atom is -0.392 e. The fraction of sp³-hybridized carbons (Fsp3) is 0.250. The van der Waals surface area contributed by atoms with Crippen molar-refractivity contribution in [3.63, 3.8) is 0 Å². The van der Waals surface area contributed by atoms with Crippen LogP contribution in [0.15, 0.2) is 57.6 Å². The Morgan fingerprint density at radius 3 is 2.34 bits per heavy atom. The number of rotatable bonds is 3. The highest BCUT2D eigenvalue weighted by Crippen LogP contribution is 2.49. The lowest BCUT2D eigenvalue weighted by molar-refractivity contribution is -0.136. The van der Waals surface area contributed by atoms with Gasteiger partial charge in [0.25, 0.3) is 0 Å². The molecule has 4 aromatic rings.